The maximum absolute atomic E-state index is 11.9. The van der Waals surface area contributed by atoms with E-state index in [2.05, 4.69) is 45.5 Å². The highest BCUT2D eigenvalue weighted by molar-refractivity contribution is 9.09. The molecule has 106 valence electrons. The Hall–Kier alpha value is -1.35. The fourth-order valence-electron chi connectivity index (χ4n) is 2.40. The molecule has 0 aromatic heterocycles. The summed E-state index contributed by atoms with van der Waals surface area (Å²) in [7, 11) is 0. The number of alkyl halides is 1. The van der Waals surface area contributed by atoms with Gasteiger partial charge in [0.25, 0.3) is 0 Å². The molecule has 0 saturated heterocycles. The second-order valence-corrected chi connectivity index (χ2v) is 5.80. The summed E-state index contributed by atoms with van der Waals surface area (Å²) in [6, 6.07) is 14.6. The van der Waals surface area contributed by atoms with Crippen LogP contribution in [-0.2, 0) is 4.79 Å². The summed E-state index contributed by atoms with van der Waals surface area (Å²) in [6.07, 6.45) is 2.57. The first-order valence-electron chi connectivity index (χ1n) is 7.05. The van der Waals surface area contributed by atoms with Crippen LogP contribution >= 0.6 is 15.9 Å². The van der Waals surface area contributed by atoms with E-state index >= 15 is 0 Å². The van der Waals surface area contributed by atoms with Crippen molar-refractivity contribution < 1.29 is 4.79 Å². The topological polar surface area (TPSA) is 29.1 Å². The van der Waals surface area contributed by atoms with E-state index in [0.29, 0.717) is 6.42 Å². The van der Waals surface area contributed by atoms with Crippen LogP contribution in [-0.4, -0.2) is 11.2 Å². The lowest BCUT2D eigenvalue weighted by atomic mass is 9.99. The molecule has 1 atom stereocenters. The molecule has 20 heavy (non-hydrogen) atoms. The molecule has 0 bridgehead atoms. The number of fused-ring (bicyclic) bond motifs is 1. The van der Waals surface area contributed by atoms with Gasteiger partial charge in [-0.2, -0.15) is 0 Å². The zero-order chi connectivity index (χ0) is 14.4. The first kappa shape index (κ1) is 15.0. The summed E-state index contributed by atoms with van der Waals surface area (Å²) < 4.78 is 0. The molecule has 2 rings (SSSR count). The number of amides is 1. The van der Waals surface area contributed by atoms with Gasteiger partial charge in [-0.15, -0.1) is 0 Å². The lowest BCUT2D eigenvalue weighted by molar-refractivity contribution is -0.121. The molecule has 2 aromatic rings. The lowest BCUT2D eigenvalue weighted by Gasteiger charge is -2.16. The molecule has 0 aliphatic carbocycles. The predicted octanol–water partition coefficient (Wildman–Crippen LogP) is 4.58. The van der Waals surface area contributed by atoms with Gasteiger partial charge in [0, 0.05) is 11.8 Å². The smallest absolute Gasteiger partial charge is 0.220 e. The van der Waals surface area contributed by atoms with E-state index in [1.165, 1.54) is 16.3 Å². The highest BCUT2D eigenvalue weighted by Crippen LogP contribution is 2.24. The Labute approximate surface area is 128 Å². The van der Waals surface area contributed by atoms with Crippen LogP contribution in [0.1, 0.15) is 37.8 Å². The number of carbonyl (C=O) groups is 1. The van der Waals surface area contributed by atoms with Crippen LogP contribution in [0.2, 0.25) is 0 Å². The monoisotopic (exact) mass is 333 g/mol. The molecule has 1 unspecified atom stereocenters. The Bertz CT molecular complexity index is 577. The summed E-state index contributed by atoms with van der Waals surface area (Å²) in [6.45, 7) is 2.05. The standard InChI is InChI=1S/C17H20BrNO/c1-13(19-17(20)11-4-5-12-18)15-10-6-8-14-7-2-3-9-16(14)15/h2-3,6-10,13H,4-5,11-12H2,1H3,(H,19,20). The van der Waals surface area contributed by atoms with Gasteiger partial charge in [-0.1, -0.05) is 58.4 Å². The number of carbonyl (C=O) groups excluding carboxylic acids is 1. The van der Waals surface area contributed by atoms with E-state index in [0.717, 1.165) is 18.2 Å². The number of hydrogen-bond donors (Lipinski definition) is 1. The van der Waals surface area contributed by atoms with Crippen LogP contribution in [0.4, 0.5) is 0 Å². The molecule has 0 heterocycles. The fraction of sp³-hybridized carbons (Fsp3) is 0.353. The van der Waals surface area contributed by atoms with Gasteiger partial charge in [-0.25, -0.2) is 0 Å². The zero-order valence-electron chi connectivity index (χ0n) is 11.7. The first-order valence-corrected chi connectivity index (χ1v) is 8.17. The van der Waals surface area contributed by atoms with Crippen LogP contribution in [0.15, 0.2) is 42.5 Å². The minimum Gasteiger partial charge on any atom is -0.350 e. The van der Waals surface area contributed by atoms with Crippen LogP contribution in [0.5, 0.6) is 0 Å². The van der Waals surface area contributed by atoms with Crippen molar-refractivity contribution in [2.75, 3.05) is 5.33 Å². The molecule has 1 N–H and O–H groups in total. The van der Waals surface area contributed by atoms with E-state index in [4.69, 9.17) is 0 Å². The molecule has 3 heteroatoms. The Morgan fingerprint density at radius 3 is 2.70 bits per heavy atom. The average Bonchev–Trinajstić information content (AvgIpc) is 2.47. The van der Waals surface area contributed by atoms with Crippen LogP contribution in [0.25, 0.3) is 10.8 Å². The van der Waals surface area contributed by atoms with Crippen molar-refractivity contribution in [2.45, 2.75) is 32.2 Å². The van der Waals surface area contributed by atoms with E-state index in [1.807, 2.05) is 25.1 Å². The van der Waals surface area contributed by atoms with Gasteiger partial charge in [-0.05, 0) is 36.1 Å². The number of unbranched alkanes of at least 4 members (excludes halogenated alkanes) is 1. The Balaban J connectivity index is 2.07. The summed E-state index contributed by atoms with van der Waals surface area (Å²) >= 11 is 3.38. The number of rotatable bonds is 6. The molecule has 1 amide bonds. The summed E-state index contributed by atoms with van der Waals surface area (Å²) in [5, 5.41) is 6.48. The second-order valence-electron chi connectivity index (χ2n) is 5.00. The van der Waals surface area contributed by atoms with Gasteiger partial charge >= 0.3 is 0 Å². The van der Waals surface area contributed by atoms with Gasteiger partial charge in [-0.3, -0.25) is 4.79 Å². The van der Waals surface area contributed by atoms with Crippen molar-refractivity contribution in [2.24, 2.45) is 0 Å². The SMILES string of the molecule is CC(NC(=O)CCCCBr)c1cccc2ccccc12. The molecule has 2 aromatic carbocycles. The predicted molar refractivity (Wildman–Crippen MR) is 88.2 cm³/mol. The molecule has 2 nitrogen and oxygen atoms in total. The number of benzene rings is 2. The molecule has 0 aliphatic rings. The highest BCUT2D eigenvalue weighted by Gasteiger charge is 2.11. The van der Waals surface area contributed by atoms with E-state index in [9.17, 15) is 4.79 Å². The molecular formula is C17H20BrNO. The molecular weight excluding hydrogens is 314 g/mol. The Morgan fingerprint density at radius 1 is 1.15 bits per heavy atom. The third-order valence-corrected chi connectivity index (χ3v) is 4.02. The summed E-state index contributed by atoms with van der Waals surface area (Å²) in [5.74, 6) is 0.131. The second kappa shape index (κ2) is 7.44. The lowest BCUT2D eigenvalue weighted by Crippen LogP contribution is -2.26. The normalized spacial score (nSPS) is 12.3. The van der Waals surface area contributed by atoms with Crippen LogP contribution in [0.3, 0.4) is 0 Å². The van der Waals surface area contributed by atoms with Gasteiger partial charge < -0.3 is 5.32 Å². The quantitative estimate of drug-likeness (QED) is 0.608. The van der Waals surface area contributed by atoms with Crippen molar-refractivity contribution >= 4 is 32.6 Å². The van der Waals surface area contributed by atoms with Crippen molar-refractivity contribution in [3.8, 4) is 0 Å². The first-order chi connectivity index (χ1) is 9.72. The van der Waals surface area contributed by atoms with Gasteiger partial charge in [0.2, 0.25) is 5.91 Å². The Kier molecular flexibility index (Phi) is 5.60. The van der Waals surface area contributed by atoms with Gasteiger partial charge in [0.15, 0.2) is 0 Å². The average molecular weight is 334 g/mol. The molecule has 0 aliphatic heterocycles. The van der Waals surface area contributed by atoms with E-state index in [1.54, 1.807) is 0 Å². The van der Waals surface area contributed by atoms with Crippen molar-refractivity contribution in [1.82, 2.24) is 5.32 Å². The molecule has 0 radical (unpaired) electrons. The van der Waals surface area contributed by atoms with Gasteiger partial charge in [0.05, 0.1) is 6.04 Å². The van der Waals surface area contributed by atoms with E-state index in [-0.39, 0.29) is 11.9 Å². The maximum Gasteiger partial charge on any atom is 0.220 e. The van der Waals surface area contributed by atoms with Crippen molar-refractivity contribution in [3.63, 3.8) is 0 Å². The minimum atomic E-state index is 0.0394. The Morgan fingerprint density at radius 2 is 1.90 bits per heavy atom. The molecule has 0 saturated carbocycles. The number of nitrogens with one attached hydrogen (secondary N) is 1. The van der Waals surface area contributed by atoms with Crippen LogP contribution < -0.4 is 5.32 Å². The molecule has 0 fully saturated rings. The number of halogens is 1. The van der Waals surface area contributed by atoms with Crippen molar-refractivity contribution in [1.29, 1.82) is 0 Å². The van der Waals surface area contributed by atoms with Gasteiger partial charge in [0.1, 0.15) is 0 Å². The minimum absolute atomic E-state index is 0.0394. The third kappa shape index (κ3) is 3.83. The zero-order valence-corrected chi connectivity index (χ0v) is 13.3. The summed E-state index contributed by atoms with van der Waals surface area (Å²) in [4.78, 5) is 11.9. The fourth-order valence-corrected chi connectivity index (χ4v) is 2.80. The highest BCUT2D eigenvalue weighted by atomic mass is 79.9. The van der Waals surface area contributed by atoms with Crippen LogP contribution in [0, 0.1) is 0 Å². The number of hydrogen-bond acceptors (Lipinski definition) is 1. The largest absolute Gasteiger partial charge is 0.350 e. The van der Waals surface area contributed by atoms with E-state index < -0.39 is 0 Å². The third-order valence-electron chi connectivity index (χ3n) is 3.45. The maximum atomic E-state index is 11.9. The molecule has 0 spiro atoms. The summed E-state index contributed by atoms with van der Waals surface area (Å²) in [5.41, 5.74) is 1.18. The van der Waals surface area contributed by atoms with Crippen molar-refractivity contribution in [3.05, 3.63) is 48.0 Å².